The number of ketones is 1. The van der Waals surface area contributed by atoms with E-state index in [1.807, 2.05) is 13.8 Å². The number of rotatable bonds is 7. The van der Waals surface area contributed by atoms with Gasteiger partial charge in [0.1, 0.15) is 17.6 Å². The number of nitrogens with one attached hydrogen (secondary N) is 1. The number of hydrogen-bond donors (Lipinski definition) is 7. The van der Waals surface area contributed by atoms with E-state index in [-0.39, 0.29) is 49.5 Å². The number of hydrogen-bond acceptors (Lipinski definition) is 9. The van der Waals surface area contributed by atoms with Crippen LogP contribution in [0.25, 0.3) is 0 Å². The number of aromatic amines is 1. The SMILES string of the molecule is CC(C)(O)C(CC[C@@](C)(O)[C@H]1CC[C@@]2(O)C3CC(=O)C4C[C@@H](O)[C@@H](O)C[C@]4(C)[C@@]3(O)CC[C@]12C)OC(=O)c1ccc[nH]1. The first-order valence-electron chi connectivity index (χ1n) is 15.4. The maximum absolute atomic E-state index is 13.5. The molecule has 0 amide bonds. The van der Waals surface area contributed by atoms with Gasteiger partial charge in [-0.15, -0.1) is 0 Å². The lowest BCUT2D eigenvalue weighted by Crippen LogP contribution is -2.74. The molecule has 0 saturated heterocycles. The average Bonchev–Trinajstić information content (AvgIpc) is 3.52. The van der Waals surface area contributed by atoms with Crippen LogP contribution in [0.4, 0.5) is 0 Å². The largest absolute Gasteiger partial charge is 0.455 e. The summed E-state index contributed by atoms with van der Waals surface area (Å²) >= 11 is 0. The summed E-state index contributed by atoms with van der Waals surface area (Å²) in [4.78, 5) is 28.9. The van der Waals surface area contributed by atoms with Crippen LogP contribution in [-0.4, -0.2) is 88.1 Å². The van der Waals surface area contributed by atoms with Crippen LogP contribution in [0.15, 0.2) is 18.3 Å². The molecule has 1 aromatic rings. The fourth-order valence-electron chi connectivity index (χ4n) is 9.76. The van der Waals surface area contributed by atoms with Gasteiger partial charge in [0, 0.05) is 35.3 Å². The minimum absolute atomic E-state index is 0.0179. The minimum atomic E-state index is -1.44. The molecule has 0 bridgehead atoms. The number of Topliss-reactive ketones (excluding diaryl/α,β-unsaturated/α-hetero) is 1. The molecule has 10 nitrogen and oxygen atoms in total. The molecule has 5 rings (SSSR count). The Bertz CT molecular complexity index is 1190. The van der Waals surface area contributed by atoms with Crippen LogP contribution in [0.5, 0.6) is 0 Å². The van der Waals surface area contributed by atoms with Gasteiger partial charge < -0.3 is 40.4 Å². The number of ether oxygens (including phenoxy) is 1. The molecule has 0 aliphatic heterocycles. The van der Waals surface area contributed by atoms with Crippen molar-refractivity contribution < 1.29 is 45.0 Å². The van der Waals surface area contributed by atoms with Crippen molar-refractivity contribution in [2.75, 3.05) is 0 Å². The van der Waals surface area contributed by atoms with E-state index in [2.05, 4.69) is 4.98 Å². The van der Waals surface area contributed by atoms with E-state index >= 15 is 0 Å². The molecule has 42 heavy (non-hydrogen) atoms. The Hall–Kier alpha value is -1.82. The zero-order valence-electron chi connectivity index (χ0n) is 25.5. The van der Waals surface area contributed by atoms with E-state index in [4.69, 9.17) is 4.74 Å². The highest BCUT2D eigenvalue weighted by atomic mass is 16.6. The van der Waals surface area contributed by atoms with Crippen molar-refractivity contribution in [2.45, 2.75) is 133 Å². The van der Waals surface area contributed by atoms with Crippen LogP contribution in [0.1, 0.15) is 103 Å². The van der Waals surface area contributed by atoms with Crippen LogP contribution < -0.4 is 0 Å². The Morgan fingerprint density at radius 3 is 2.36 bits per heavy atom. The standard InChI is InChI=1S/C32H49NO9/c1-27(2,38)25(42-26(37)19-7-6-14-33-19)9-10-30(5,39)23-8-11-31(40)24-16-20(34)18-15-21(35)22(36)17-29(18,4)32(24,41)13-12-28(23,31)3/h6-7,14,18,21-25,33,35-36,38-41H,8-13,15-17H2,1-5H3/t18?,21-,22+,23+,24?,25?,28-,29+,30-,31-,32-/m1/s1. The molecule has 4 aliphatic carbocycles. The van der Waals surface area contributed by atoms with Crippen molar-refractivity contribution in [2.24, 2.45) is 28.6 Å². The van der Waals surface area contributed by atoms with Crippen molar-refractivity contribution in [1.29, 1.82) is 0 Å². The fraction of sp³-hybridized carbons (Fsp3) is 0.812. The number of carbonyl (C=O) groups excluding carboxylic acids is 2. The summed E-state index contributed by atoms with van der Waals surface area (Å²) in [7, 11) is 0. The zero-order chi connectivity index (χ0) is 31.1. The van der Waals surface area contributed by atoms with Crippen molar-refractivity contribution in [3.05, 3.63) is 24.0 Å². The first-order chi connectivity index (χ1) is 19.3. The number of esters is 1. The molecule has 0 radical (unpaired) electrons. The van der Waals surface area contributed by atoms with E-state index in [9.17, 15) is 40.2 Å². The lowest BCUT2D eigenvalue weighted by atomic mass is 9.40. The third-order valence-electron chi connectivity index (χ3n) is 12.4. The molecule has 0 aromatic carbocycles. The topological polar surface area (TPSA) is 181 Å². The van der Waals surface area contributed by atoms with Crippen LogP contribution in [0, 0.1) is 28.6 Å². The molecule has 0 spiro atoms. The Balaban J connectivity index is 1.38. The molecule has 1 heterocycles. The normalized spacial score (nSPS) is 44.0. The first kappa shape index (κ1) is 31.6. The van der Waals surface area contributed by atoms with Gasteiger partial charge in [-0.2, -0.15) is 0 Å². The van der Waals surface area contributed by atoms with E-state index in [0.29, 0.717) is 25.7 Å². The van der Waals surface area contributed by atoms with Crippen molar-refractivity contribution in [1.82, 2.24) is 4.98 Å². The highest BCUT2D eigenvalue weighted by molar-refractivity contribution is 5.87. The van der Waals surface area contributed by atoms with Crippen LogP contribution >= 0.6 is 0 Å². The van der Waals surface area contributed by atoms with Gasteiger partial charge in [-0.25, -0.2) is 4.79 Å². The fourth-order valence-corrected chi connectivity index (χ4v) is 9.76. The predicted molar refractivity (Wildman–Crippen MR) is 152 cm³/mol. The highest BCUT2D eigenvalue weighted by Crippen LogP contribution is 2.71. The van der Waals surface area contributed by atoms with Gasteiger partial charge in [0.25, 0.3) is 0 Å². The third kappa shape index (κ3) is 4.59. The Morgan fingerprint density at radius 2 is 1.74 bits per heavy atom. The second-order valence-corrected chi connectivity index (χ2v) is 15.2. The first-order valence-corrected chi connectivity index (χ1v) is 15.4. The van der Waals surface area contributed by atoms with Gasteiger partial charge in [-0.05, 0) is 90.2 Å². The number of aliphatic hydroxyl groups is 6. The van der Waals surface area contributed by atoms with E-state index < -0.39 is 69.4 Å². The van der Waals surface area contributed by atoms with E-state index in [0.717, 1.165) is 0 Å². The summed E-state index contributed by atoms with van der Waals surface area (Å²) in [6.45, 7) is 8.58. The lowest BCUT2D eigenvalue weighted by Gasteiger charge is -2.67. The second-order valence-electron chi connectivity index (χ2n) is 15.2. The number of carbonyl (C=O) groups is 2. The quantitative estimate of drug-likeness (QED) is 0.234. The average molecular weight is 592 g/mol. The Kier molecular flexibility index (Phi) is 7.60. The molecular formula is C32H49NO9. The van der Waals surface area contributed by atoms with Crippen LogP contribution in [-0.2, 0) is 9.53 Å². The summed E-state index contributed by atoms with van der Waals surface area (Å²) in [5.74, 6) is -2.47. The molecule has 3 unspecified atom stereocenters. The van der Waals surface area contributed by atoms with Gasteiger partial charge >= 0.3 is 5.97 Å². The van der Waals surface area contributed by atoms with Crippen LogP contribution in [0.3, 0.4) is 0 Å². The summed E-state index contributed by atoms with van der Waals surface area (Å²) in [5, 5.41) is 68.5. The van der Waals surface area contributed by atoms with Crippen LogP contribution in [0.2, 0.25) is 0 Å². The molecule has 7 N–H and O–H groups in total. The molecular weight excluding hydrogens is 542 g/mol. The summed E-state index contributed by atoms with van der Waals surface area (Å²) in [6.07, 6.45) is 0.615. The Labute approximate surface area is 247 Å². The minimum Gasteiger partial charge on any atom is -0.455 e. The maximum Gasteiger partial charge on any atom is 0.355 e. The number of fused-ring (bicyclic) bond motifs is 5. The van der Waals surface area contributed by atoms with E-state index in [1.54, 1.807) is 39.1 Å². The molecule has 11 atom stereocenters. The molecule has 236 valence electrons. The van der Waals surface area contributed by atoms with Gasteiger partial charge in [0.2, 0.25) is 0 Å². The number of aliphatic hydroxyl groups excluding tert-OH is 2. The van der Waals surface area contributed by atoms with Gasteiger partial charge in [-0.1, -0.05) is 13.8 Å². The number of aromatic nitrogens is 1. The van der Waals surface area contributed by atoms with E-state index in [1.165, 1.54) is 0 Å². The number of H-pyrrole nitrogens is 1. The summed E-state index contributed by atoms with van der Waals surface area (Å²) < 4.78 is 5.65. The van der Waals surface area contributed by atoms with Gasteiger partial charge in [0.05, 0.1) is 34.6 Å². The summed E-state index contributed by atoms with van der Waals surface area (Å²) in [5.41, 5.74) is -7.09. The van der Waals surface area contributed by atoms with Crippen molar-refractivity contribution in [3.8, 4) is 0 Å². The monoisotopic (exact) mass is 591 g/mol. The molecule has 4 fully saturated rings. The van der Waals surface area contributed by atoms with Crippen molar-refractivity contribution in [3.63, 3.8) is 0 Å². The van der Waals surface area contributed by atoms with Gasteiger partial charge in [-0.3, -0.25) is 4.79 Å². The molecule has 4 saturated carbocycles. The third-order valence-corrected chi connectivity index (χ3v) is 12.4. The highest BCUT2D eigenvalue weighted by Gasteiger charge is 2.75. The molecule has 10 heteroatoms. The Morgan fingerprint density at radius 1 is 1.07 bits per heavy atom. The summed E-state index contributed by atoms with van der Waals surface area (Å²) in [6, 6.07) is 3.26. The lowest BCUT2D eigenvalue weighted by molar-refractivity contribution is -0.290. The van der Waals surface area contributed by atoms with Crippen molar-refractivity contribution >= 4 is 11.8 Å². The predicted octanol–water partition coefficient (Wildman–Crippen LogP) is 2.24. The zero-order valence-corrected chi connectivity index (χ0v) is 25.5. The van der Waals surface area contributed by atoms with Gasteiger partial charge in [0.15, 0.2) is 0 Å². The molecule has 4 aliphatic rings. The maximum atomic E-state index is 13.5. The second kappa shape index (κ2) is 10.1. The smallest absolute Gasteiger partial charge is 0.355 e. The molecule has 1 aromatic heterocycles.